The van der Waals surface area contributed by atoms with Gasteiger partial charge in [0.05, 0.1) is 17.0 Å². The molecule has 0 amide bonds. The van der Waals surface area contributed by atoms with Crippen molar-refractivity contribution in [3.63, 3.8) is 0 Å². The number of aliphatic imine (C=N–C) groups is 1. The zero-order valence-corrected chi connectivity index (χ0v) is 15.6. The third-order valence-electron chi connectivity index (χ3n) is 4.15. The molecule has 0 saturated heterocycles. The molecule has 1 saturated carbocycles. The van der Waals surface area contributed by atoms with E-state index in [9.17, 15) is 4.79 Å². The van der Waals surface area contributed by atoms with Crippen molar-refractivity contribution in [1.82, 2.24) is 20.2 Å². The summed E-state index contributed by atoms with van der Waals surface area (Å²) in [5.41, 5.74) is 7.95. The van der Waals surface area contributed by atoms with E-state index in [4.69, 9.17) is 5.73 Å². The zero-order valence-electron chi connectivity index (χ0n) is 15.6. The van der Waals surface area contributed by atoms with Crippen LogP contribution >= 0.6 is 0 Å². The third-order valence-corrected chi connectivity index (χ3v) is 4.15. The Morgan fingerprint density at radius 3 is 2.85 bits per heavy atom. The van der Waals surface area contributed by atoms with Gasteiger partial charge in [-0.15, -0.1) is 0 Å². The lowest BCUT2D eigenvalue weighted by molar-refractivity contribution is 0.917. The average Bonchev–Trinajstić information content (AvgIpc) is 3.52. The maximum Gasteiger partial charge on any atom is 0.275 e. The summed E-state index contributed by atoms with van der Waals surface area (Å²) in [6, 6.07) is 3.40. The van der Waals surface area contributed by atoms with Gasteiger partial charge in [-0.1, -0.05) is 26.0 Å². The van der Waals surface area contributed by atoms with Gasteiger partial charge < -0.3 is 5.73 Å². The summed E-state index contributed by atoms with van der Waals surface area (Å²) < 4.78 is 0. The fourth-order valence-electron chi connectivity index (χ4n) is 2.58. The predicted octanol–water partition coefficient (Wildman–Crippen LogP) is 3.07. The van der Waals surface area contributed by atoms with Crippen molar-refractivity contribution in [2.45, 2.75) is 45.4 Å². The maximum absolute atomic E-state index is 12.2. The number of hydrogen-bond acceptors (Lipinski definition) is 5. The summed E-state index contributed by atoms with van der Waals surface area (Å²) in [4.78, 5) is 25.5. The Kier molecular flexibility index (Phi) is 5.90. The van der Waals surface area contributed by atoms with Crippen LogP contribution in [0, 0.1) is 0 Å². The summed E-state index contributed by atoms with van der Waals surface area (Å²) in [6.07, 6.45) is 11.5. The number of hydrogen-bond donors (Lipinski definition) is 2. The molecule has 1 aliphatic carbocycles. The van der Waals surface area contributed by atoms with Crippen LogP contribution in [0.5, 0.6) is 0 Å². The average molecular weight is 364 g/mol. The Hall–Kier alpha value is -3.09. The molecule has 0 aliphatic heterocycles. The van der Waals surface area contributed by atoms with Gasteiger partial charge in [0.1, 0.15) is 17.4 Å². The van der Waals surface area contributed by atoms with Crippen LogP contribution in [0.1, 0.15) is 56.8 Å². The van der Waals surface area contributed by atoms with Crippen molar-refractivity contribution < 1.29 is 0 Å². The highest BCUT2D eigenvalue weighted by Gasteiger charge is 2.26. The van der Waals surface area contributed by atoms with Crippen LogP contribution in [0.15, 0.2) is 52.0 Å². The number of nitrogens with zero attached hydrogens (tertiary/aromatic N) is 4. The molecule has 3 N–H and O–H groups in total. The molecule has 0 radical (unpaired) electrons. The van der Waals surface area contributed by atoms with E-state index in [1.807, 2.05) is 32.1 Å². The van der Waals surface area contributed by atoms with E-state index in [-0.39, 0.29) is 17.0 Å². The molecule has 2 aromatic rings. The first-order valence-electron chi connectivity index (χ1n) is 9.26. The van der Waals surface area contributed by atoms with Crippen molar-refractivity contribution in [3.05, 3.63) is 64.0 Å². The molecule has 1 fully saturated rings. The standard InChI is InChI=1S/C20H24N6O/c1-3-5-7-14(6-4-2)23-18(21)15-12-17(25-26-20(15)27)16-10-11-22-19(24-16)13-8-9-13/h5-7,10-13H,3-4,8-9H2,1-2H3,(H2,21,23)(H,26,27)/b7-5-,14-6+. The molecule has 0 atom stereocenters. The lowest BCUT2D eigenvalue weighted by Gasteiger charge is -2.05. The second-order valence-electron chi connectivity index (χ2n) is 6.42. The van der Waals surface area contributed by atoms with Gasteiger partial charge >= 0.3 is 0 Å². The molecular weight excluding hydrogens is 340 g/mol. The molecule has 0 spiro atoms. The number of allylic oxidation sites excluding steroid dienone is 3. The summed E-state index contributed by atoms with van der Waals surface area (Å²) in [5.74, 6) is 1.41. The minimum absolute atomic E-state index is 0.150. The molecule has 1 aliphatic rings. The van der Waals surface area contributed by atoms with Crippen molar-refractivity contribution in [2.75, 3.05) is 0 Å². The topological polar surface area (TPSA) is 110 Å². The van der Waals surface area contributed by atoms with Crippen LogP contribution in [0.4, 0.5) is 0 Å². The van der Waals surface area contributed by atoms with Crippen molar-refractivity contribution in [1.29, 1.82) is 0 Å². The SMILES string of the molecule is CC/C=C\C(=C/CC)N=C(N)c1cc(-c2ccnc(C3CC3)n2)n[nH]c1=O. The van der Waals surface area contributed by atoms with Crippen LogP contribution in [-0.4, -0.2) is 26.0 Å². The number of aromatic nitrogens is 4. The van der Waals surface area contributed by atoms with Crippen LogP contribution in [-0.2, 0) is 0 Å². The van der Waals surface area contributed by atoms with Gasteiger partial charge in [0.25, 0.3) is 5.56 Å². The van der Waals surface area contributed by atoms with Crippen molar-refractivity contribution in [3.8, 4) is 11.4 Å². The molecule has 2 aromatic heterocycles. The highest BCUT2D eigenvalue weighted by Crippen LogP contribution is 2.38. The van der Waals surface area contributed by atoms with Crippen LogP contribution < -0.4 is 11.3 Å². The number of amidine groups is 1. The summed E-state index contributed by atoms with van der Waals surface area (Å²) in [7, 11) is 0. The third kappa shape index (κ3) is 4.75. The molecule has 27 heavy (non-hydrogen) atoms. The van der Waals surface area contributed by atoms with E-state index in [1.54, 1.807) is 18.3 Å². The number of nitrogens with one attached hydrogen (secondary N) is 1. The van der Waals surface area contributed by atoms with E-state index in [2.05, 4.69) is 25.2 Å². The molecule has 0 unspecified atom stereocenters. The van der Waals surface area contributed by atoms with E-state index in [0.29, 0.717) is 17.3 Å². The lowest BCUT2D eigenvalue weighted by Crippen LogP contribution is -2.25. The normalized spacial score (nSPS) is 15.5. The number of aromatic amines is 1. The molecular formula is C20H24N6O. The highest BCUT2D eigenvalue weighted by molar-refractivity contribution is 5.98. The van der Waals surface area contributed by atoms with Gasteiger partial charge in [0.2, 0.25) is 0 Å². The molecule has 0 aromatic carbocycles. The largest absolute Gasteiger partial charge is 0.383 e. The minimum Gasteiger partial charge on any atom is -0.383 e. The highest BCUT2D eigenvalue weighted by atomic mass is 16.1. The van der Waals surface area contributed by atoms with E-state index in [0.717, 1.165) is 37.2 Å². The Labute approximate surface area is 158 Å². The van der Waals surface area contributed by atoms with Gasteiger partial charge in [0, 0.05) is 12.1 Å². The monoisotopic (exact) mass is 364 g/mol. The molecule has 3 rings (SSSR count). The van der Waals surface area contributed by atoms with Crippen LogP contribution in [0.3, 0.4) is 0 Å². The van der Waals surface area contributed by atoms with Crippen LogP contribution in [0.25, 0.3) is 11.4 Å². The minimum atomic E-state index is -0.383. The van der Waals surface area contributed by atoms with E-state index >= 15 is 0 Å². The molecule has 7 heteroatoms. The van der Waals surface area contributed by atoms with Gasteiger partial charge in [-0.25, -0.2) is 20.1 Å². The van der Waals surface area contributed by atoms with E-state index < -0.39 is 0 Å². The van der Waals surface area contributed by atoms with Gasteiger partial charge in [0.15, 0.2) is 0 Å². The van der Waals surface area contributed by atoms with Gasteiger partial charge in [-0.05, 0) is 43.9 Å². The lowest BCUT2D eigenvalue weighted by atomic mass is 10.2. The predicted molar refractivity (Wildman–Crippen MR) is 106 cm³/mol. The summed E-state index contributed by atoms with van der Waals surface area (Å²) >= 11 is 0. The Morgan fingerprint density at radius 1 is 1.33 bits per heavy atom. The smallest absolute Gasteiger partial charge is 0.275 e. The summed E-state index contributed by atoms with van der Waals surface area (Å²) in [5, 5.41) is 6.61. The number of nitrogens with two attached hydrogens (primary N) is 1. The Morgan fingerprint density at radius 2 is 2.15 bits per heavy atom. The number of rotatable bonds is 7. The molecule has 2 heterocycles. The van der Waals surface area contributed by atoms with Crippen LogP contribution in [0.2, 0.25) is 0 Å². The Bertz CT molecular complexity index is 953. The second-order valence-corrected chi connectivity index (χ2v) is 6.42. The first-order valence-corrected chi connectivity index (χ1v) is 9.26. The molecule has 0 bridgehead atoms. The molecule has 140 valence electrons. The quantitative estimate of drug-likeness (QED) is 0.446. The second kappa shape index (κ2) is 8.53. The van der Waals surface area contributed by atoms with Crippen molar-refractivity contribution in [2.24, 2.45) is 10.7 Å². The fourth-order valence-corrected chi connectivity index (χ4v) is 2.58. The zero-order chi connectivity index (χ0) is 19.2. The number of H-pyrrole nitrogens is 1. The van der Waals surface area contributed by atoms with Crippen molar-refractivity contribution >= 4 is 5.84 Å². The summed E-state index contributed by atoms with van der Waals surface area (Å²) in [6.45, 7) is 4.07. The first-order chi connectivity index (χ1) is 13.1. The van der Waals surface area contributed by atoms with E-state index in [1.165, 1.54) is 0 Å². The van der Waals surface area contributed by atoms with Gasteiger partial charge in [-0.2, -0.15) is 5.10 Å². The fraction of sp³-hybridized carbons (Fsp3) is 0.350. The molecule has 7 nitrogen and oxygen atoms in total. The van der Waals surface area contributed by atoms with Gasteiger partial charge in [-0.3, -0.25) is 4.79 Å². The first kappa shape index (κ1) is 18.7. The maximum atomic E-state index is 12.2. The Balaban J connectivity index is 1.96.